The molecule has 0 radical (unpaired) electrons. The lowest BCUT2D eigenvalue weighted by Crippen LogP contribution is -2.46. The summed E-state index contributed by atoms with van der Waals surface area (Å²) in [5.41, 5.74) is 0. The number of rotatable bonds is 2. The van der Waals surface area contributed by atoms with Gasteiger partial charge in [-0.1, -0.05) is 19.3 Å². The number of aliphatic hydroxyl groups is 1. The first-order valence-corrected chi connectivity index (χ1v) is 5.77. The van der Waals surface area contributed by atoms with E-state index >= 15 is 0 Å². The van der Waals surface area contributed by atoms with Gasteiger partial charge in [0.15, 0.2) is 0 Å². The second kappa shape index (κ2) is 4.60. The van der Waals surface area contributed by atoms with Gasteiger partial charge in [0.2, 0.25) is 0 Å². The molecule has 82 valence electrons. The lowest BCUT2D eigenvalue weighted by atomic mass is 9.93. The number of aliphatic hydroxyl groups excluding tert-OH is 1. The smallest absolute Gasteiger partial charge is 0.0950 e. The van der Waals surface area contributed by atoms with Crippen LogP contribution in [0.5, 0.6) is 0 Å². The van der Waals surface area contributed by atoms with Crippen molar-refractivity contribution in [1.82, 2.24) is 4.90 Å². The highest BCUT2D eigenvalue weighted by Crippen LogP contribution is 2.25. The van der Waals surface area contributed by atoms with E-state index < -0.39 is 0 Å². The molecule has 2 aliphatic rings. The summed E-state index contributed by atoms with van der Waals surface area (Å²) in [4.78, 5) is 2.34. The monoisotopic (exact) mass is 199 g/mol. The number of hydrogen-bond donors (Lipinski definition) is 1. The maximum absolute atomic E-state index is 9.72. The molecule has 0 aromatic carbocycles. The Morgan fingerprint density at radius 3 is 2.43 bits per heavy atom. The molecule has 0 unspecified atom stereocenters. The molecule has 1 saturated heterocycles. The van der Waals surface area contributed by atoms with Crippen molar-refractivity contribution in [3.8, 4) is 0 Å². The highest BCUT2D eigenvalue weighted by molar-refractivity contribution is 4.86. The molecule has 0 aromatic rings. The van der Waals surface area contributed by atoms with Crippen molar-refractivity contribution >= 4 is 0 Å². The van der Waals surface area contributed by atoms with Gasteiger partial charge in [0, 0.05) is 6.04 Å². The van der Waals surface area contributed by atoms with Gasteiger partial charge in [0.05, 0.1) is 25.4 Å². The molecule has 2 rings (SSSR count). The van der Waals surface area contributed by atoms with Crippen LogP contribution in [0, 0.1) is 0 Å². The molecular formula is C11H21NO2. The summed E-state index contributed by atoms with van der Waals surface area (Å²) in [5, 5.41) is 9.72. The number of ether oxygens (including phenoxy) is 1. The first kappa shape index (κ1) is 10.4. The van der Waals surface area contributed by atoms with Crippen molar-refractivity contribution in [2.24, 2.45) is 0 Å². The van der Waals surface area contributed by atoms with Crippen molar-refractivity contribution in [2.75, 3.05) is 20.3 Å². The van der Waals surface area contributed by atoms with E-state index in [1.165, 1.54) is 32.1 Å². The average Bonchev–Trinajstić information content (AvgIpc) is 2.65. The van der Waals surface area contributed by atoms with Gasteiger partial charge < -0.3 is 9.84 Å². The van der Waals surface area contributed by atoms with E-state index in [1.54, 1.807) is 0 Å². The third kappa shape index (κ3) is 2.10. The summed E-state index contributed by atoms with van der Waals surface area (Å²) < 4.78 is 5.29. The van der Waals surface area contributed by atoms with E-state index in [2.05, 4.69) is 11.9 Å². The first-order chi connectivity index (χ1) is 6.79. The van der Waals surface area contributed by atoms with Crippen LogP contribution in [0.25, 0.3) is 0 Å². The largest absolute Gasteiger partial charge is 0.389 e. The number of likely N-dealkylation sites (N-methyl/N-ethyl adjacent to an activating group) is 1. The Hall–Kier alpha value is -0.120. The summed E-state index contributed by atoms with van der Waals surface area (Å²) in [7, 11) is 2.14. The lowest BCUT2D eigenvalue weighted by molar-refractivity contribution is 0.0606. The van der Waals surface area contributed by atoms with Crippen LogP contribution < -0.4 is 0 Å². The highest BCUT2D eigenvalue weighted by atomic mass is 16.5. The van der Waals surface area contributed by atoms with Crippen LogP contribution in [0.3, 0.4) is 0 Å². The van der Waals surface area contributed by atoms with E-state index in [9.17, 15) is 5.11 Å². The van der Waals surface area contributed by atoms with E-state index in [-0.39, 0.29) is 12.1 Å². The van der Waals surface area contributed by atoms with Gasteiger partial charge in [-0.3, -0.25) is 4.90 Å². The van der Waals surface area contributed by atoms with E-state index in [0.717, 1.165) is 0 Å². The maximum atomic E-state index is 9.72. The third-order valence-electron chi connectivity index (χ3n) is 3.70. The van der Waals surface area contributed by atoms with Gasteiger partial charge in [0.1, 0.15) is 0 Å². The van der Waals surface area contributed by atoms with Gasteiger partial charge >= 0.3 is 0 Å². The summed E-state index contributed by atoms with van der Waals surface area (Å²) in [5.74, 6) is 0. The van der Waals surface area contributed by atoms with Crippen LogP contribution in [0.15, 0.2) is 0 Å². The number of nitrogens with zero attached hydrogens (tertiary/aromatic N) is 1. The second-order valence-electron chi connectivity index (χ2n) is 4.63. The minimum absolute atomic E-state index is 0.234. The zero-order valence-electron chi connectivity index (χ0n) is 8.98. The molecule has 2 fully saturated rings. The van der Waals surface area contributed by atoms with Crippen molar-refractivity contribution in [2.45, 2.75) is 50.3 Å². The minimum Gasteiger partial charge on any atom is -0.389 e. The summed E-state index contributed by atoms with van der Waals surface area (Å²) in [6.45, 7) is 1.22. The Bertz CT molecular complexity index is 180. The van der Waals surface area contributed by atoms with Gasteiger partial charge in [-0.25, -0.2) is 0 Å². The Kier molecular flexibility index (Phi) is 3.42. The SMILES string of the molecule is CN(C1CCCCC1)[C@@H]1COC[C@H]1O. The van der Waals surface area contributed by atoms with Crippen LogP contribution in [-0.2, 0) is 4.74 Å². The minimum atomic E-state index is -0.276. The first-order valence-electron chi connectivity index (χ1n) is 5.77. The molecule has 0 amide bonds. The Labute approximate surface area is 86.0 Å². The van der Waals surface area contributed by atoms with Gasteiger partial charge in [-0.15, -0.1) is 0 Å². The second-order valence-corrected chi connectivity index (χ2v) is 4.63. The molecule has 3 nitrogen and oxygen atoms in total. The van der Waals surface area contributed by atoms with Crippen LogP contribution >= 0.6 is 0 Å². The highest BCUT2D eigenvalue weighted by Gasteiger charge is 2.33. The Morgan fingerprint density at radius 1 is 1.14 bits per heavy atom. The Morgan fingerprint density at radius 2 is 1.86 bits per heavy atom. The van der Waals surface area contributed by atoms with Crippen molar-refractivity contribution < 1.29 is 9.84 Å². The van der Waals surface area contributed by atoms with E-state index in [4.69, 9.17) is 4.74 Å². The van der Waals surface area contributed by atoms with Gasteiger partial charge in [-0.2, -0.15) is 0 Å². The molecule has 3 heteroatoms. The molecule has 1 saturated carbocycles. The van der Waals surface area contributed by atoms with Crippen LogP contribution in [-0.4, -0.2) is 48.5 Å². The molecule has 14 heavy (non-hydrogen) atoms. The van der Waals surface area contributed by atoms with Gasteiger partial charge in [-0.05, 0) is 19.9 Å². The normalized spacial score (nSPS) is 35.4. The third-order valence-corrected chi connectivity index (χ3v) is 3.70. The summed E-state index contributed by atoms with van der Waals surface area (Å²) >= 11 is 0. The maximum Gasteiger partial charge on any atom is 0.0950 e. The average molecular weight is 199 g/mol. The zero-order valence-corrected chi connectivity index (χ0v) is 8.98. The molecular weight excluding hydrogens is 178 g/mol. The van der Waals surface area contributed by atoms with Crippen molar-refractivity contribution in [3.05, 3.63) is 0 Å². The van der Waals surface area contributed by atoms with Crippen molar-refractivity contribution in [1.29, 1.82) is 0 Å². The quantitative estimate of drug-likeness (QED) is 0.720. The predicted molar refractivity (Wildman–Crippen MR) is 55.2 cm³/mol. The molecule has 1 N–H and O–H groups in total. The molecule has 1 heterocycles. The standard InChI is InChI=1S/C11H21NO2/c1-12(9-5-3-2-4-6-9)10-7-14-8-11(10)13/h9-11,13H,2-8H2,1H3/t10-,11-/m1/s1. The lowest BCUT2D eigenvalue weighted by Gasteiger charge is -2.35. The van der Waals surface area contributed by atoms with Crippen molar-refractivity contribution in [3.63, 3.8) is 0 Å². The zero-order chi connectivity index (χ0) is 9.97. The molecule has 0 aromatic heterocycles. The van der Waals surface area contributed by atoms with E-state index in [1.807, 2.05) is 0 Å². The topological polar surface area (TPSA) is 32.7 Å². The van der Waals surface area contributed by atoms with Crippen LogP contribution in [0.2, 0.25) is 0 Å². The fourth-order valence-electron chi connectivity index (χ4n) is 2.68. The van der Waals surface area contributed by atoms with Gasteiger partial charge in [0.25, 0.3) is 0 Å². The molecule has 0 bridgehead atoms. The molecule has 2 atom stereocenters. The Balaban J connectivity index is 1.89. The number of hydrogen-bond acceptors (Lipinski definition) is 3. The molecule has 1 aliphatic carbocycles. The van der Waals surface area contributed by atoms with Crippen LogP contribution in [0.4, 0.5) is 0 Å². The molecule has 1 aliphatic heterocycles. The fourth-order valence-corrected chi connectivity index (χ4v) is 2.68. The summed E-state index contributed by atoms with van der Waals surface area (Å²) in [6, 6.07) is 0.906. The fraction of sp³-hybridized carbons (Fsp3) is 1.00. The summed E-state index contributed by atoms with van der Waals surface area (Å²) in [6.07, 6.45) is 6.38. The predicted octanol–water partition coefficient (Wildman–Crippen LogP) is 1.01. The van der Waals surface area contributed by atoms with Crippen LogP contribution in [0.1, 0.15) is 32.1 Å². The molecule has 0 spiro atoms. The van der Waals surface area contributed by atoms with E-state index in [0.29, 0.717) is 19.3 Å².